The van der Waals surface area contributed by atoms with Gasteiger partial charge in [0.05, 0.1) is 15.6 Å². The average molecular weight is 445 g/mol. The van der Waals surface area contributed by atoms with Crippen LogP contribution in [-0.2, 0) is 12.8 Å². The monoisotopic (exact) mass is 444 g/mol. The van der Waals surface area contributed by atoms with E-state index < -0.39 is 0 Å². The molecule has 1 aliphatic rings. The summed E-state index contributed by atoms with van der Waals surface area (Å²) in [6.45, 7) is 0. The first kappa shape index (κ1) is 20.0. The Morgan fingerprint density at radius 2 is 1.62 bits per heavy atom. The molecule has 4 nitrogen and oxygen atoms in total. The highest BCUT2D eigenvalue weighted by Crippen LogP contribution is 2.39. The van der Waals surface area contributed by atoms with E-state index in [2.05, 4.69) is 10.6 Å². The van der Waals surface area contributed by atoms with Crippen molar-refractivity contribution in [3.63, 3.8) is 0 Å². The molecule has 0 atom stereocenters. The van der Waals surface area contributed by atoms with Gasteiger partial charge in [0.2, 0.25) is 0 Å². The van der Waals surface area contributed by atoms with Crippen molar-refractivity contribution in [1.29, 1.82) is 0 Å². The van der Waals surface area contributed by atoms with E-state index in [1.807, 2.05) is 18.2 Å². The standard InChI is InChI=1S/C22H18Cl2N2O2S/c23-16-11-10-14(12-17(16)24)25-21(28)19-15-8-4-5-9-18(15)29-22(19)26-20(27)13-6-2-1-3-7-13/h1-3,6-7,10-12H,4-5,8-9H2,(H,25,28)(H,26,27). The second-order valence-corrected chi connectivity index (χ2v) is 8.74. The molecular formula is C22H18Cl2N2O2S. The third-order valence-corrected chi connectivity index (χ3v) is 6.79. The number of halogens is 2. The average Bonchev–Trinajstić information content (AvgIpc) is 3.09. The lowest BCUT2D eigenvalue weighted by Crippen LogP contribution is -2.18. The predicted octanol–water partition coefficient (Wildman–Crippen LogP) is 6.44. The van der Waals surface area contributed by atoms with Crippen LogP contribution >= 0.6 is 34.5 Å². The number of anilines is 2. The van der Waals surface area contributed by atoms with Gasteiger partial charge in [-0.15, -0.1) is 11.3 Å². The molecule has 2 amide bonds. The number of nitrogens with one attached hydrogen (secondary N) is 2. The maximum absolute atomic E-state index is 13.2. The van der Waals surface area contributed by atoms with Gasteiger partial charge in [0, 0.05) is 16.1 Å². The molecule has 0 spiro atoms. The van der Waals surface area contributed by atoms with Crippen molar-refractivity contribution >= 4 is 57.0 Å². The van der Waals surface area contributed by atoms with Crippen LogP contribution in [0.25, 0.3) is 0 Å². The maximum atomic E-state index is 13.2. The van der Waals surface area contributed by atoms with Crippen molar-refractivity contribution in [2.45, 2.75) is 25.7 Å². The molecule has 0 aliphatic heterocycles. The largest absolute Gasteiger partial charge is 0.322 e. The van der Waals surface area contributed by atoms with Crippen molar-refractivity contribution in [3.8, 4) is 0 Å². The van der Waals surface area contributed by atoms with Crippen molar-refractivity contribution in [1.82, 2.24) is 0 Å². The van der Waals surface area contributed by atoms with Gasteiger partial charge >= 0.3 is 0 Å². The molecule has 0 saturated heterocycles. The Hall–Kier alpha value is -2.34. The van der Waals surface area contributed by atoms with E-state index in [4.69, 9.17) is 23.2 Å². The van der Waals surface area contributed by atoms with Gasteiger partial charge in [-0.05, 0) is 61.6 Å². The molecule has 0 saturated carbocycles. The van der Waals surface area contributed by atoms with Gasteiger partial charge in [-0.2, -0.15) is 0 Å². The number of hydrogen-bond donors (Lipinski definition) is 2. The van der Waals surface area contributed by atoms with Gasteiger partial charge < -0.3 is 10.6 Å². The van der Waals surface area contributed by atoms with Crippen LogP contribution in [0.2, 0.25) is 10.0 Å². The second kappa shape index (κ2) is 8.57. The Morgan fingerprint density at radius 1 is 0.862 bits per heavy atom. The summed E-state index contributed by atoms with van der Waals surface area (Å²) in [5.74, 6) is -0.487. The van der Waals surface area contributed by atoms with Gasteiger partial charge in [-0.1, -0.05) is 41.4 Å². The van der Waals surface area contributed by atoms with E-state index in [0.717, 1.165) is 31.2 Å². The molecule has 0 unspecified atom stereocenters. The van der Waals surface area contributed by atoms with Gasteiger partial charge in [0.25, 0.3) is 11.8 Å². The number of carbonyl (C=O) groups excluding carboxylic acids is 2. The third-order valence-electron chi connectivity index (χ3n) is 4.84. The van der Waals surface area contributed by atoms with Crippen LogP contribution in [-0.4, -0.2) is 11.8 Å². The summed E-state index contributed by atoms with van der Waals surface area (Å²) in [5, 5.41) is 7.21. The van der Waals surface area contributed by atoms with Crippen molar-refractivity contribution in [3.05, 3.63) is 80.1 Å². The topological polar surface area (TPSA) is 58.2 Å². The summed E-state index contributed by atoms with van der Waals surface area (Å²) >= 11 is 13.5. The Morgan fingerprint density at radius 3 is 2.38 bits per heavy atom. The molecular weight excluding hydrogens is 427 g/mol. The van der Waals surface area contributed by atoms with Crippen molar-refractivity contribution < 1.29 is 9.59 Å². The molecule has 2 aromatic carbocycles. The molecule has 148 valence electrons. The van der Waals surface area contributed by atoms with E-state index in [1.54, 1.807) is 30.3 Å². The van der Waals surface area contributed by atoms with Crippen LogP contribution in [0.15, 0.2) is 48.5 Å². The molecule has 1 heterocycles. The first-order valence-corrected chi connectivity index (χ1v) is 10.9. The summed E-state index contributed by atoms with van der Waals surface area (Å²) in [4.78, 5) is 27.0. The smallest absolute Gasteiger partial charge is 0.258 e. The fourth-order valence-corrected chi connectivity index (χ4v) is 5.01. The van der Waals surface area contributed by atoms with Gasteiger partial charge in [-0.25, -0.2) is 0 Å². The van der Waals surface area contributed by atoms with E-state index in [0.29, 0.717) is 31.9 Å². The molecule has 4 rings (SSSR count). The lowest BCUT2D eigenvalue weighted by Gasteiger charge is -2.13. The second-order valence-electron chi connectivity index (χ2n) is 6.82. The maximum Gasteiger partial charge on any atom is 0.258 e. The van der Waals surface area contributed by atoms with Gasteiger partial charge in [0.1, 0.15) is 5.00 Å². The third kappa shape index (κ3) is 4.32. The van der Waals surface area contributed by atoms with Gasteiger partial charge in [0.15, 0.2) is 0 Å². The van der Waals surface area contributed by atoms with E-state index in [9.17, 15) is 9.59 Å². The Labute approximate surface area is 182 Å². The zero-order valence-corrected chi connectivity index (χ0v) is 17.8. The number of fused-ring (bicyclic) bond motifs is 1. The Bertz CT molecular complexity index is 1080. The fourth-order valence-electron chi connectivity index (χ4n) is 3.43. The molecule has 3 aromatic rings. The van der Waals surface area contributed by atoms with Crippen molar-refractivity contribution in [2.24, 2.45) is 0 Å². The zero-order chi connectivity index (χ0) is 20.4. The van der Waals surface area contributed by atoms with Crippen LogP contribution in [0, 0.1) is 0 Å². The molecule has 1 aromatic heterocycles. The molecule has 0 radical (unpaired) electrons. The van der Waals surface area contributed by atoms with Gasteiger partial charge in [-0.3, -0.25) is 9.59 Å². The van der Waals surface area contributed by atoms with Crippen LogP contribution in [0.5, 0.6) is 0 Å². The minimum absolute atomic E-state index is 0.229. The number of rotatable bonds is 4. The number of carbonyl (C=O) groups is 2. The summed E-state index contributed by atoms with van der Waals surface area (Å²) in [5.41, 5.74) is 2.68. The first-order chi connectivity index (χ1) is 14.0. The lowest BCUT2D eigenvalue weighted by atomic mass is 9.95. The fraction of sp³-hybridized carbons (Fsp3) is 0.182. The number of benzene rings is 2. The number of thiophene rings is 1. The van der Waals surface area contributed by atoms with E-state index >= 15 is 0 Å². The van der Waals surface area contributed by atoms with Crippen LogP contribution in [0.3, 0.4) is 0 Å². The summed E-state index contributed by atoms with van der Waals surface area (Å²) in [6, 6.07) is 13.9. The normalized spacial score (nSPS) is 12.9. The molecule has 0 bridgehead atoms. The number of aryl methyl sites for hydroxylation is 1. The highest BCUT2D eigenvalue weighted by Gasteiger charge is 2.26. The highest BCUT2D eigenvalue weighted by atomic mass is 35.5. The lowest BCUT2D eigenvalue weighted by molar-refractivity contribution is 0.102. The Balaban J connectivity index is 1.65. The number of amides is 2. The Kier molecular flexibility index (Phi) is 5.90. The summed E-state index contributed by atoms with van der Waals surface area (Å²) in [6.07, 6.45) is 3.88. The quantitative estimate of drug-likeness (QED) is 0.486. The zero-order valence-electron chi connectivity index (χ0n) is 15.4. The predicted molar refractivity (Wildman–Crippen MR) is 120 cm³/mol. The van der Waals surface area contributed by atoms with Crippen molar-refractivity contribution in [2.75, 3.05) is 10.6 Å². The molecule has 1 aliphatic carbocycles. The van der Waals surface area contributed by atoms with E-state index in [-0.39, 0.29) is 11.8 Å². The summed E-state index contributed by atoms with van der Waals surface area (Å²) in [7, 11) is 0. The van der Waals surface area contributed by atoms with Crippen LogP contribution in [0.1, 0.15) is 44.0 Å². The molecule has 2 N–H and O–H groups in total. The highest BCUT2D eigenvalue weighted by molar-refractivity contribution is 7.17. The summed E-state index contributed by atoms with van der Waals surface area (Å²) < 4.78 is 0. The van der Waals surface area contributed by atoms with Crippen LogP contribution < -0.4 is 10.6 Å². The molecule has 7 heteroatoms. The molecule has 0 fully saturated rings. The molecule has 29 heavy (non-hydrogen) atoms. The first-order valence-electron chi connectivity index (χ1n) is 9.30. The number of hydrogen-bond acceptors (Lipinski definition) is 3. The minimum Gasteiger partial charge on any atom is -0.322 e. The van der Waals surface area contributed by atoms with E-state index in [1.165, 1.54) is 16.2 Å². The minimum atomic E-state index is -0.258. The SMILES string of the molecule is O=C(Nc1sc2c(c1C(=O)Nc1ccc(Cl)c(Cl)c1)CCCC2)c1ccccc1. The van der Waals surface area contributed by atoms with Crippen LogP contribution in [0.4, 0.5) is 10.7 Å².